The number of hydrogen-bond acceptors (Lipinski definition) is 10. The molecule has 0 aromatic heterocycles. The average Bonchev–Trinajstić information content (AvgIpc) is 3.18. The fourth-order valence-corrected chi connectivity index (χ4v) is 6.75. The minimum absolute atomic E-state index is 0.216. The van der Waals surface area contributed by atoms with E-state index in [-0.39, 0.29) is 32.0 Å². The van der Waals surface area contributed by atoms with Crippen molar-refractivity contribution in [3.63, 3.8) is 0 Å². The molecule has 55 heavy (non-hydrogen) atoms. The standard InChI is InChI=1S/C45H82O10/c1-3-5-7-9-11-13-15-17-19-21-23-25-27-29-31-33-40(47)52-36-38(37-53-45-44(51)43(50)42(49)39(35-46)55-45)54-41(48)34-32-30-28-26-24-22-20-18-16-14-12-10-8-6-4-2/h12,14,18,20,38-39,42-46,49-51H,3-11,13,15-17,19,21-37H2,1-2H3/b14-12-,20-18-. The lowest BCUT2D eigenvalue weighted by atomic mass is 9.99. The maximum atomic E-state index is 12.8. The van der Waals surface area contributed by atoms with E-state index in [0.717, 1.165) is 57.8 Å². The summed E-state index contributed by atoms with van der Waals surface area (Å²) in [6, 6.07) is 0. The van der Waals surface area contributed by atoms with Gasteiger partial charge in [-0.15, -0.1) is 0 Å². The lowest BCUT2D eigenvalue weighted by molar-refractivity contribution is -0.305. The van der Waals surface area contributed by atoms with E-state index in [9.17, 15) is 30.0 Å². The number of esters is 2. The van der Waals surface area contributed by atoms with Crippen LogP contribution in [-0.4, -0.2) is 89.0 Å². The van der Waals surface area contributed by atoms with Gasteiger partial charge in [-0.2, -0.15) is 0 Å². The van der Waals surface area contributed by atoms with Gasteiger partial charge in [-0.25, -0.2) is 0 Å². The van der Waals surface area contributed by atoms with Crippen LogP contribution < -0.4 is 0 Å². The van der Waals surface area contributed by atoms with E-state index in [1.165, 1.54) is 103 Å². The Bertz CT molecular complexity index is 954. The molecule has 1 saturated heterocycles. The number of ether oxygens (including phenoxy) is 4. The van der Waals surface area contributed by atoms with Crippen molar-refractivity contribution in [3.05, 3.63) is 24.3 Å². The molecular weight excluding hydrogens is 700 g/mol. The summed E-state index contributed by atoms with van der Waals surface area (Å²) in [7, 11) is 0. The third-order valence-corrected chi connectivity index (χ3v) is 10.3. The second kappa shape index (κ2) is 36.5. The molecule has 10 heteroatoms. The number of hydrogen-bond donors (Lipinski definition) is 4. The minimum Gasteiger partial charge on any atom is -0.462 e. The first-order chi connectivity index (χ1) is 26.8. The molecule has 6 unspecified atom stereocenters. The lowest BCUT2D eigenvalue weighted by Crippen LogP contribution is -2.59. The molecule has 0 aromatic carbocycles. The van der Waals surface area contributed by atoms with Gasteiger partial charge >= 0.3 is 11.9 Å². The van der Waals surface area contributed by atoms with Gasteiger partial charge in [-0.3, -0.25) is 9.59 Å². The van der Waals surface area contributed by atoms with Crippen molar-refractivity contribution >= 4 is 11.9 Å². The molecule has 10 nitrogen and oxygen atoms in total. The summed E-state index contributed by atoms with van der Waals surface area (Å²) >= 11 is 0. The van der Waals surface area contributed by atoms with Crippen molar-refractivity contribution in [2.45, 2.75) is 230 Å². The summed E-state index contributed by atoms with van der Waals surface area (Å²) in [6.45, 7) is 3.39. The van der Waals surface area contributed by atoms with Crippen LogP contribution in [0.5, 0.6) is 0 Å². The summed E-state index contributed by atoms with van der Waals surface area (Å²) in [4.78, 5) is 25.3. The highest BCUT2D eigenvalue weighted by atomic mass is 16.7. The van der Waals surface area contributed by atoms with Crippen LogP contribution in [0.2, 0.25) is 0 Å². The Balaban J connectivity index is 2.34. The average molecular weight is 783 g/mol. The van der Waals surface area contributed by atoms with E-state index in [0.29, 0.717) is 6.42 Å². The first-order valence-electron chi connectivity index (χ1n) is 22.4. The molecular formula is C45H82O10. The van der Waals surface area contributed by atoms with E-state index in [1.54, 1.807) is 0 Å². The summed E-state index contributed by atoms with van der Waals surface area (Å²) in [5.41, 5.74) is 0. The largest absolute Gasteiger partial charge is 0.462 e. The van der Waals surface area contributed by atoms with Crippen LogP contribution in [0.3, 0.4) is 0 Å². The second-order valence-corrected chi connectivity index (χ2v) is 15.5. The van der Waals surface area contributed by atoms with Crippen molar-refractivity contribution in [1.82, 2.24) is 0 Å². The molecule has 4 N–H and O–H groups in total. The number of unbranched alkanes of at least 4 members (excludes halogenated alkanes) is 22. The summed E-state index contributed by atoms with van der Waals surface area (Å²) in [5, 5.41) is 40.0. The highest BCUT2D eigenvalue weighted by Gasteiger charge is 2.44. The minimum atomic E-state index is -1.59. The molecule has 1 aliphatic rings. The van der Waals surface area contributed by atoms with Crippen molar-refractivity contribution in [1.29, 1.82) is 0 Å². The molecule has 1 fully saturated rings. The topological polar surface area (TPSA) is 152 Å². The quantitative estimate of drug-likeness (QED) is 0.0273. The second-order valence-electron chi connectivity index (χ2n) is 15.5. The Hall–Kier alpha value is -1.82. The van der Waals surface area contributed by atoms with Crippen LogP contribution in [0.1, 0.15) is 194 Å². The van der Waals surface area contributed by atoms with Crippen LogP contribution in [0.25, 0.3) is 0 Å². The smallest absolute Gasteiger partial charge is 0.306 e. The highest BCUT2D eigenvalue weighted by Crippen LogP contribution is 2.23. The van der Waals surface area contributed by atoms with Gasteiger partial charge in [0.1, 0.15) is 31.0 Å². The predicted octanol–water partition coefficient (Wildman–Crippen LogP) is 9.33. The zero-order valence-corrected chi connectivity index (χ0v) is 34.9. The predicted molar refractivity (Wildman–Crippen MR) is 219 cm³/mol. The van der Waals surface area contributed by atoms with Gasteiger partial charge in [0, 0.05) is 12.8 Å². The van der Waals surface area contributed by atoms with Gasteiger partial charge in [0.15, 0.2) is 12.4 Å². The molecule has 0 bridgehead atoms. The number of aliphatic hydroxyl groups excluding tert-OH is 4. The fraction of sp³-hybridized carbons (Fsp3) is 0.867. The Morgan fingerprint density at radius 1 is 0.564 bits per heavy atom. The van der Waals surface area contributed by atoms with E-state index in [2.05, 4.69) is 38.2 Å². The molecule has 6 atom stereocenters. The molecule has 1 aliphatic heterocycles. The van der Waals surface area contributed by atoms with Crippen molar-refractivity contribution < 1.29 is 49.0 Å². The van der Waals surface area contributed by atoms with Gasteiger partial charge in [0.25, 0.3) is 0 Å². The molecule has 0 amide bonds. The molecule has 0 spiro atoms. The van der Waals surface area contributed by atoms with Crippen LogP contribution in [0.15, 0.2) is 24.3 Å². The van der Waals surface area contributed by atoms with Crippen molar-refractivity contribution in [2.24, 2.45) is 0 Å². The monoisotopic (exact) mass is 783 g/mol. The molecule has 0 aliphatic carbocycles. The summed E-state index contributed by atoms with van der Waals surface area (Å²) < 4.78 is 22.1. The summed E-state index contributed by atoms with van der Waals surface area (Å²) in [5.74, 6) is -0.816. The van der Waals surface area contributed by atoms with Crippen LogP contribution in [0.4, 0.5) is 0 Å². The van der Waals surface area contributed by atoms with E-state index >= 15 is 0 Å². The third-order valence-electron chi connectivity index (χ3n) is 10.3. The van der Waals surface area contributed by atoms with Gasteiger partial charge in [-0.05, 0) is 44.9 Å². The Kier molecular flexibility index (Phi) is 34.0. The summed E-state index contributed by atoms with van der Waals surface area (Å²) in [6.07, 6.45) is 31.8. The van der Waals surface area contributed by atoms with E-state index in [4.69, 9.17) is 18.9 Å². The zero-order valence-electron chi connectivity index (χ0n) is 34.9. The molecule has 0 saturated carbocycles. The van der Waals surface area contributed by atoms with Crippen LogP contribution >= 0.6 is 0 Å². The third kappa shape index (κ3) is 28.3. The molecule has 322 valence electrons. The zero-order chi connectivity index (χ0) is 40.2. The number of allylic oxidation sites excluding steroid dienone is 4. The molecule has 1 rings (SSSR count). The Morgan fingerprint density at radius 2 is 1.02 bits per heavy atom. The van der Waals surface area contributed by atoms with Gasteiger partial charge in [0.2, 0.25) is 0 Å². The van der Waals surface area contributed by atoms with Gasteiger partial charge < -0.3 is 39.4 Å². The van der Waals surface area contributed by atoms with Gasteiger partial charge in [-0.1, -0.05) is 160 Å². The highest BCUT2D eigenvalue weighted by molar-refractivity contribution is 5.70. The molecule has 0 aromatic rings. The van der Waals surface area contributed by atoms with Crippen molar-refractivity contribution in [2.75, 3.05) is 19.8 Å². The first-order valence-corrected chi connectivity index (χ1v) is 22.4. The van der Waals surface area contributed by atoms with Crippen LogP contribution in [0, 0.1) is 0 Å². The fourth-order valence-electron chi connectivity index (χ4n) is 6.75. The lowest BCUT2D eigenvalue weighted by Gasteiger charge is -2.39. The maximum absolute atomic E-state index is 12.8. The molecule has 1 heterocycles. The number of aliphatic hydroxyl groups is 4. The number of carbonyl (C=O) groups excluding carboxylic acids is 2. The number of carbonyl (C=O) groups is 2. The molecule has 0 radical (unpaired) electrons. The number of rotatable bonds is 37. The van der Waals surface area contributed by atoms with Gasteiger partial charge in [0.05, 0.1) is 13.2 Å². The maximum Gasteiger partial charge on any atom is 0.306 e. The normalized spacial score (nSPS) is 20.7. The van der Waals surface area contributed by atoms with E-state index < -0.39 is 49.4 Å². The SMILES string of the molecule is CCCCC/C=C\C/C=C\CCCCCCCC(=O)OC(COC(=O)CCCCCCCCCCCCCCCCC)COC1OC(CO)C(O)C(O)C1O. The Morgan fingerprint density at radius 3 is 1.55 bits per heavy atom. The van der Waals surface area contributed by atoms with Crippen molar-refractivity contribution in [3.8, 4) is 0 Å². The van der Waals surface area contributed by atoms with Crippen LogP contribution in [-0.2, 0) is 28.5 Å². The Labute approximate surface area is 334 Å². The van der Waals surface area contributed by atoms with E-state index in [1.807, 2.05) is 0 Å². The first kappa shape index (κ1) is 51.2.